The highest BCUT2D eigenvalue weighted by Crippen LogP contribution is 2.41. The van der Waals surface area contributed by atoms with Crippen LogP contribution < -0.4 is 10.6 Å². The minimum atomic E-state index is -4.22. The molecule has 0 spiro atoms. The molecule has 0 bridgehead atoms. The molecule has 0 radical (unpaired) electrons. The van der Waals surface area contributed by atoms with Crippen LogP contribution in [0.4, 0.5) is 13.2 Å². The highest BCUT2D eigenvalue weighted by molar-refractivity contribution is 5.95. The van der Waals surface area contributed by atoms with Gasteiger partial charge >= 0.3 is 6.18 Å². The molecule has 2 saturated carbocycles. The predicted octanol–water partition coefficient (Wildman–Crippen LogP) is 4.89. The van der Waals surface area contributed by atoms with Crippen molar-refractivity contribution in [3.63, 3.8) is 0 Å². The van der Waals surface area contributed by atoms with E-state index in [9.17, 15) is 27.6 Å². The van der Waals surface area contributed by atoms with Gasteiger partial charge in [0.05, 0.1) is 12.0 Å². The second-order valence-corrected chi connectivity index (χ2v) is 11.0. The van der Waals surface area contributed by atoms with E-state index in [1.54, 1.807) is 12.1 Å². The van der Waals surface area contributed by atoms with Gasteiger partial charge in [-0.1, -0.05) is 12.1 Å². The van der Waals surface area contributed by atoms with Gasteiger partial charge in [-0.15, -0.1) is 0 Å². The monoisotopic (exact) mass is 507 g/mol. The number of rotatable bonds is 6. The van der Waals surface area contributed by atoms with Crippen molar-refractivity contribution in [1.29, 1.82) is 0 Å². The Kier molecular flexibility index (Phi) is 7.40. The molecule has 6 nitrogen and oxygen atoms in total. The lowest BCUT2D eigenvalue weighted by Gasteiger charge is -2.30. The molecule has 9 heteroatoms. The largest absolute Gasteiger partial charge is 0.391 e. The van der Waals surface area contributed by atoms with E-state index < -0.39 is 23.6 Å². The van der Waals surface area contributed by atoms with Gasteiger partial charge in [0.2, 0.25) is 11.8 Å². The molecule has 3 aliphatic rings. The number of halogens is 3. The average molecular weight is 508 g/mol. The Labute approximate surface area is 210 Å². The quantitative estimate of drug-likeness (QED) is 0.575. The van der Waals surface area contributed by atoms with Crippen LogP contribution in [0.15, 0.2) is 24.3 Å². The number of nitrogens with zero attached hydrogens (tertiary/aromatic N) is 1. The summed E-state index contributed by atoms with van der Waals surface area (Å²) >= 11 is 0. The Bertz CT molecular complexity index is 972. The third-order valence-electron chi connectivity index (χ3n) is 8.30. The molecule has 2 N–H and O–H groups in total. The van der Waals surface area contributed by atoms with Crippen LogP contribution in [0.2, 0.25) is 0 Å². The first-order valence-electron chi connectivity index (χ1n) is 13.0. The minimum absolute atomic E-state index is 0.0136. The van der Waals surface area contributed by atoms with E-state index >= 15 is 0 Å². The van der Waals surface area contributed by atoms with Crippen LogP contribution in [0.3, 0.4) is 0 Å². The first-order chi connectivity index (χ1) is 16.9. The smallest absolute Gasteiger partial charge is 0.348 e. The molecule has 2 aliphatic carbocycles. The fourth-order valence-electron chi connectivity index (χ4n) is 5.63. The molecule has 1 aromatic carbocycles. The summed E-state index contributed by atoms with van der Waals surface area (Å²) < 4.78 is 38.7. The summed E-state index contributed by atoms with van der Waals surface area (Å²) in [5, 5.41) is 5.78. The second-order valence-electron chi connectivity index (χ2n) is 11.0. The Hall–Kier alpha value is -2.58. The van der Waals surface area contributed by atoms with Crippen molar-refractivity contribution in [2.45, 2.75) is 102 Å². The van der Waals surface area contributed by atoms with E-state index in [0.29, 0.717) is 18.4 Å². The number of alkyl halides is 3. The molecule has 198 valence electrons. The maximum absolute atomic E-state index is 13.0. The van der Waals surface area contributed by atoms with Crippen LogP contribution in [0.25, 0.3) is 0 Å². The van der Waals surface area contributed by atoms with Crippen molar-refractivity contribution in [3.05, 3.63) is 35.4 Å². The molecular formula is C27H36F3N3O3. The lowest BCUT2D eigenvalue weighted by Crippen LogP contribution is -2.51. The normalized spacial score (nSPS) is 28.3. The third-order valence-corrected chi connectivity index (χ3v) is 8.30. The van der Waals surface area contributed by atoms with Gasteiger partial charge in [-0.3, -0.25) is 14.4 Å². The van der Waals surface area contributed by atoms with Gasteiger partial charge in [0.15, 0.2) is 0 Å². The third kappa shape index (κ3) is 5.54. The van der Waals surface area contributed by atoms with E-state index in [1.807, 2.05) is 24.0 Å². The number of hydrogen-bond acceptors (Lipinski definition) is 3. The maximum atomic E-state index is 13.0. The summed E-state index contributed by atoms with van der Waals surface area (Å²) in [6, 6.07) is 7.34. The molecule has 1 aromatic rings. The minimum Gasteiger partial charge on any atom is -0.348 e. The van der Waals surface area contributed by atoms with Crippen molar-refractivity contribution in [2.24, 2.45) is 11.8 Å². The van der Waals surface area contributed by atoms with Crippen LogP contribution in [-0.4, -0.2) is 46.4 Å². The van der Waals surface area contributed by atoms with Gasteiger partial charge in [-0.2, -0.15) is 13.2 Å². The fourth-order valence-corrected chi connectivity index (χ4v) is 5.63. The van der Waals surface area contributed by atoms with Crippen LogP contribution in [0, 0.1) is 11.8 Å². The van der Waals surface area contributed by atoms with E-state index in [4.69, 9.17) is 0 Å². The summed E-state index contributed by atoms with van der Waals surface area (Å²) in [4.78, 5) is 40.6. The van der Waals surface area contributed by atoms with Gasteiger partial charge < -0.3 is 15.5 Å². The molecule has 2 unspecified atom stereocenters. The molecule has 3 atom stereocenters. The van der Waals surface area contributed by atoms with Crippen molar-refractivity contribution in [3.8, 4) is 0 Å². The molecule has 3 amide bonds. The van der Waals surface area contributed by atoms with Gasteiger partial charge in [-0.05, 0) is 89.8 Å². The summed E-state index contributed by atoms with van der Waals surface area (Å²) in [5.74, 6) is -2.43. The average Bonchev–Trinajstić information content (AvgIpc) is 3.55. The summed E-state index contributed by atoms with van der Waals surface area (Å²) in [5.41, 5.74) is 0.475. The fraction of sp³-hybridized carbons (Fsp3) is 0.667. The van der Waals surface area contributed by atoms with Crippen molar-refractivity contribution >= 4 is 17.7 Å². The van der Waals surface area contributed by atoms with Gasteiger partial charge in [0.25, 0.3) is 5.91 Å². The molecule has 1 heterocycles. The highest BCUT2D eigenvalue weighted by Gasteiger charge is 2.52. The number of benzene rings is 1. The standard InChI is InChI=1S/C27H36F3N3O3/c1-16-4-5-17(2)33(16)24(35)21-8-6-19(7-9-21)18(3)31-25(36)26(14-15-26)32-23(34)20-10-12-22(13-11-20)27(28,29)30/h6-9,16-18,20,22H,4-5,10-15H2,1-3H3,(H,31,36)(H,32,34)/t16?,17?,18-,20?,22?/m1/s1. The summed E-state index contributed by atoms with van der Waals surface area (Å²) in [6.07, 6.45) is -0.927. The Morgan fingerprint density at radius 2 is 1.50 bits per heavy atom. The zero-order valence-corrected chi connectivity index (χ0v) is 21.2. The van der Waals surface area contributed by atoms with Crippen molar-refractivity contribution < 1.29 is 27.6 Å². The number of carbonyl (C=O) groups is 3. The number of likely N-dealkylation sites (tertiary alicyclic amines) is 1. The molecule has 1 aliphatic heterocycles. The van der Waals surface area contributed by atoms with E-state index in [-0.39, 0.29) is 61.5 Å². The van der Waals surface area contributed by atoms with Crippen LogP contribution in [-0.2, 0) is 9.59 Å². The lowest BCUT2D eigenvalue weighted by atomic mass is 9.81. The summed E-state index contributed by atoms with van der Waals surface area (Å²) in [6.45, 7) is 5.97. The van der Waals surface area contributed by atoms with Crippen LogP contribution in [0.5, 0.6) is 0 Å². The first kappa shape index (κ1) is 26.5. The molecule has 36 heavy (non-hydrogen) atoms. The molecular weight excluding hydrogens is 471 g/mol. The van der Waals surface area contributed by atoms with Gasteiger partial charge in [-0.25, -0.2) is 0 Å². The summed E-state index contributed by atoms with van der Waals surface area (Å²) in [7, 11) is 0. The number of hydrogen-bond donors (Lipinski definition) is 2. The van der Waals surface area contributed by atoms with E-state index in [0.717, 1.165) is 18.4 Å². The Morgan fingerprint density at radius 1 is 0.944 bits per heavy atom. The number of carbonyl (C=O) groups excluding carboxylic acids is 3. The number of amides is 3. The van der Waals surface area contributed by atoms with E-state index in [1.165, 1.54) is 0 Å². The van der Waals surface area contributed by atoms with Crippen molar-refractivity contribution in [1.82, 2.24) is 15.5 Å². The molecule has 0 aromatic heterocycles. The molecule has 3 fully saturated rings. The van der Waals surface area contributed by atoms with Gasteiger partial charge in [0, 0.05) is 23.6 Å². The van der Waals surface area contributed by atoms with Crippen molar-refractivity contribution in [2.75, 3.05) is 0 Å². The van der Waals surface area contributed by atoms with Crippen LogP contribution >= 0.6 is 0 Å². The second kappa shape index (κ2) is 10.1. The molecule has 1 saturated heterocycles. The lowest BCUT2D eigenvalue weighted by molar-refractivity contribution is -0.184. The number of nitrogens with one attached hydrogen (secondary N) is 2. The molecule has 4 rings (SSSR count). The topological polar surface area (TPSA) is 78.5 Å². The Morgan fingerprint density at radius 3 is 2.00 bits per heavy atom. The van der Waals surface area contributed by atoms with Gasteiger partial charge in [0.1, 0.15) is 5.54 Å². The SMILES string of the molecule is CC1CCC(C)N1C(=O)c1ccc([C@@H](C)NC(=O)C2(NC(=O)C3CCC(C(F)(F)F)CC3)CC2)cc1. The Balaban J connectivity index is 1.30. The predicted molar refractivity (Wildman–Crippen MR) is 129 cm³/mol. The highest BCUT2D eigenvalue weighted by atomic mass is 19.4. The van der Waals surface area contributed by atoms with Crippen LogP contribution in [0.1, 0.15) is 94.1 Å². The first-order valence-corrected chi connectivity index (χ1v) is 13.0. The zero-order chi connectivity index (χ0) is 26.3. The zero-order valence-electron chi connectivity index (χ0n) is 21.2. The van der Waals surface area contributed by atoms with E-state index in [2.05, 4.69) is 24.5 Å². The maximum Gasteiger partial charge on any atom is 0.391 e.